The Morgan fingerprint density at radius 2 is 2.32 bits per heavy atom. The number of nitrogens with one attached hydrogen (secondary N) is 2. The third kappa shape index (κ3) is 3.03. The molecular formula is C11H16N4O2S2. The van der Waals surface area contributed by atoms with E-state index in [1.807, 2.05) is 0 Å². The van der Waals surface area contributed by atoms with Crippen molar-refractivity contribution < 1.29 is 8.42 Å². The molecule has 0 fully saturated rings. The number of aromatic amines is 1. The summed E-state index contributed by atoms with van der Waals surface area (Å²) in [7, 11) is -3.54. The molecule has 0 aromatic carbocycles. The molecule has 4 N–H and O–H groups in total. The Bertz CT molecular complexity index is 646. The third-order valence-corrected chi connectivity index (χ3v) is 5.63. The van der Waals surface area contributed by atoms with Gasteiger partial charge in [0.2, 0.25) is 10.0 Å². The number of sulfonamides is 1. The predicted octanol–water partition coefficient (Wildman–Crippen LogP) is 1.28. The van der Waals surface area contributed by atoms with Crippen LogP contribution in [0.25, 0.3) is 0 Å². The largest absolute Gasteiger partial charge is 0.326 e. The van der Waals surface area contributed by atoms with E-state index in [4.69, 9.17) is 5.73 Å². The average molecular weight is 300 g/mol. The molecule has 0 aliphatic heterocycles. The molecule has 19 heavy (non-hydrogen) atoms. The van der Waals surface area contributed by atoms with Gasteiger partial charge < -0.3 is 5.73 Å². The van der Waals surface area contributed by atoms with Gasteiger partial charge in [-0.2, -0.15) is 5.10 Å². The van der Waals surface area contributed by atoms with Gasteiger partial charge in [-0.05, 0) is 19.9 Å². The van der Waals surface area contributed by atoms with Crippen LogP contribution in [0.4, 0.5) is 0 Å². The fourth-order valence-electron chi connectivity index (χ4n) is 1.75. The third-order valence-electron chi connectivity index (χ3n) is 2.77. The normalized spacial score (nSPS) is 13.6. The highest BCUT2D eigenvalue weighted by Crippen LogP contribution is 2.26. The standard InChI is InChI=1S/C11H16N4O2S2/c1-7(9-5-13-14-6-9)15-19(16,17)11-3-10(4-12)18-8(11)2/h3,5-7,15H,4,12H2,1-2H3,(H,13,14). The van der Waals surface area contributed by atoms with E-state index in [2.05, 4.69) is 14.9 Å². The van der Waals surface area contributed by atoms with Crippen LogP contribution < -0.4 is 10.5 Å². The van der Waals surface area contributed by atoms with Crippen molar-refractivity contribution in [2.24, 2.45) is 5.73 Å². The first-order valence-electron chi connectivity index (χ1n) is 5.74. The Labute approximate surface area is 116 Å². The summed E-state index contributed by atoms with van der Waals surface area (Å²) in [5, 5.41) is 6.47. The maximum atomic E-state index is 12.3. The van der Waals surface area contributed by atoms with Crippen LogP contribution >= 0.6 is 11.3 Å². The Morgan fingerprint density at radius 3 is 2.84 bits per heavy atom. The predicted molar refractivity (Wildman–Crippen MR) is 74.3 cm³/mol. The van der Waals surface area contributed by atoms with Crippen molar-refractivity contribution in [2.75, 3.05) is 0 Å². The first kappa shape index (κ1) is 14.2. The number of H-pyrrole nitrogens is 1. The summed E-state index contributed by atoms with van der Waals surface area (Å²) in [6, 6.07) is 1.29. The van der Waals surface area contributed by atoms with Gasteiger partial charge in [0, 0.05) is 34.1 Å². The van der Waals surface area contributed by atoms with Crippen LogP contribution in [0, 0.1) is 6.92 Å². The summed E-state index contributed by atoms with van der Waals surface area (Å²) in [6.07, 6.45) is 3.26. The minimum absolute atomic E-state index is 0.299. The number of aromatic nitrogens is 2. The molecule has 2 aromatic rings. The first-order chi connectivity index (χ1) is 8.94. The second-order valence-corrected chi connectivity index (χ2v) is 7.24. The summed E-state index contributed by atoms with van der Waals surface area (Å²) in [5.41, 5.74) is 6.32. The van der Waals surface area contributed by atoms with E-state index in [-0.39, 0.29) is 6.04 Å². The first-order valence-corrected chi connectivity index (χ1v) is 8.04. The van der Waals surface area contributed by atoms with Crippen molar-refractivity contribution >= 4 is 21.4 Å². The fourth-order valence-corrected chi connectivity index (χ4v) is 4.50. The van der Waals surface area contributed by atoms with Crippen LogP contribution in [0.5, 0.6) is 0 Å². The Balaban J connectivity index is 2.25. The zero-order valence-electron chi connectivity index (χ0n) is 10.7. The van der Waals surface area contributed by atoms with Crippen molar-refractivity contribution in [1.82, 2.24) is 14.9 Å². The van der Waals surface area contributed by atoms with Gasteiger partial charge in [-0.25, -0.2) is 13.1 Å². The number of rotatable bonds is 5. The summed E-state index contributed by atoms with van der Waals surface area (Å²) in [4.78, 5) is 1.90. The van der Waals surface area contributed by atoms with Crippen molar-refractivity contribution in [3.05, 3.63) is 33.8 Å². The molecule has 0 radical (unpaired) electrons. The zero-order valence-corrected chi connectivity index (χ0v) is 12.3. The van der Waals surface area contributed by atoms with Gasteiger partial charge in [-0.1, -0.05) is 0 Å². The van der Waals surface area contributed by atoms with Gasteiger partial charge in [0.25, 0.3) is 0 Å². The van der Waals surface area contributed by atoms with E-state index < -0.39 is 10.0 Å². The Hall–Kier alpha value is -1.22. The van der Waals surface area contributed by atoms with Gasteiger partial charge in [0.15, 0.2) is 0 Å². The number of hydrogen-bond acceptors (Lipinski definition) is 5. The second kappa shape index (κ2) is 5.41. The SMILES string of the molecule is Cc1sc(CN)cc1S(=O)(=O)NC(C)c1cn[nH]c1. The molecule has 104 valence electrons. The van der Waals surface area contributed by atoms with Crippen LogP contribution in [0.2, 0.25) is 0 Å². The topological polar surface area (TPSA) is 101 Å². The summed E-state index contributed by atoms with van der Waals surface area (Å²) >= 11 is 1.40. The molecule has 1 unspecified atom stereocenters. The smallest absolute Gasteiger partial charge is 0.242 e. The van der Waals surface area contributed by atoms with Crippen molar-refractivity contribution in [3.8, 4) is 0 Å². The number of aryl methyl sites for hydroxylation is 1. The number of nitrogens with two attached hydrogens (primary N) is 1. The van der Waals surface area contributed by atoms with E-state index in [9.17, 15) is 8.42 Å². The number of nitrogens with zero attached hydrogens (tertiary/aromatic N) is 1. The van der Waals surface area contributed by atoms with E-state index >= 15 is 0 Å². The lowest BCUT2D eigenvalue weighted by atomic mass is 10.2. The lowest BCUT2D eigenvalue weighted by Gasteiger charge is -2.12. The molecular weight excluding hydrogens is 284 g/mol. The minimum atomic E-state index is -3.54. The van der Waals surface area contributed by atoms with Gasteiger partial charge in [-0.15, -0.1) is 11.3 Å². The molecule has 0 saturated carbocycles. The van der Waals surface area contributed by atoms with E-state index in [1.54, 1.807) is 32.3 Å². The highest BCUT2D eigenvalue weighted by atomic mass is 32.2. The molecule has 0 spiro atoms. The second-order valence-electron chi connectivity index (χ2n) is 4.21. The Kier molecular flexibility index (Phi) is 4.04. The highest BCUT2D eigenvalue weighted by Gasteiger charge is 2.22. The number of hydrogen-bond donors (Lipinski definition) is 3. The lowest BCUT2D eigenvalue weighted by Crippen LogP contribution is -2.26. The van der Waals surface area contributed by atoms with E-state index in [0.717, 1.165) is 15.3 Å². The summed E-state index contributed by atoms with van der Waals surface area (Å²) in [5.74, 6) is 0. The summed E-state index contributed by atoms with van der Waals surface area (Å²) < 4.78 is 27.3. The molecule has 2 aromatic heterocycles. The fraction of sp³-hybridized carbons (Fsp3) is 0.364. The van der Waals surface area contributed by atoms with Gasteiger partial charge >= 0.3 is 0 Å². The molecule has 0 amide bonds. The van der Waals surface area contributed by atoms with Gasteiger partial charge in [0.05, 0.1) is 11.1 Å². The van der Waals surface area contributed by atoms with Crippen molar-refractivity contribution in [2.45, 2.75) is 31.3 Å². The van der Waals surface area contributed by atoms with Crippen LogP contribution in [0.3, 0.4) is 0 Å². The van der Waals surface area contributed by atoms with Crippen LogP contribution in [0.1, 0.15) is 28.3 Å². The highest BCUT2D eigenvalue weighted by molar-refractivity contribution is 7.89. The zero-order chi connectivity index (χ0) is 14.0. The lowest BCUT2D eigenvalue weighted by molar-refractivity contribution is 0.567. The molecule has 8 heteroatoms. The maximum absolute atomic E-state index is 12.3. The van der Waals surface area contributed by atoms with Crippen LogP contribution in [-0.2, 0) is 16.6 Å². The van der Waals surface area contributed by atoms with Gasteiger partial charge in [0.1, 0.15) is 0 Å². The quantitative estimate of drug-likeness (QED) is 0.774. The molecule has 2 rings (SSSR count). The van der Waals surface area contributed by atoms with E-state index in [0.29, 0.717) is 11.4 Å². The van der Waals surface area contributed by atoms with Gasteiger partial charge in [-0.3, -0.25) is 5.10 Å². The molecule has 6 nitrogen and oxygen atoms in total. The number of thiophene rings is 1. The molecule has 0 aliphatic carbocycles. The Morgan fingerprint density at radius 1 is 1.58 bits per heavy atom. The monoisotopic (exact) mass is 300 g/mol. The molecule has 1 atom stereocenters. The van der Waals surface area contributed by atoms with Crippen molar-refractivity contribution in [1.29, 1.82) is 0 Å². The molecule has 0 bridgehead atoms. The van der Waals surface area contributed by atoms with E-state index in [1.165, 1.54) is 11.3 Å². The van der Waals surface area contributed by atoms with Crippen LogP contribution in [-0.4, -0.2) is 18.6 Å². The van der Waals surface area contributed by atoms with Crippen molar-refractivity contribution in [3.63, 3.8) is 0 Å². The minimum Gasteiger partial charge on any atom is -0.326 e. The molecule has 2 heterocycles. The summed E-state index contributed by atoms with van der Waals surface area (Å²) in [6.45, 7) is 3.90. The molecule has 0 aliphatic rings. The maximum Gasteiger partial charge on any atom is 0.242 e. The average Bonchev–Trinajstić information content (AvgIpc) is 2.96. The van der Waals surface area contributed by atoms with Crippen LogP contribution in [0.15, 0.2) is 23.4 Å². The molecule has 0 saturated heterocycles.